The molecule has 0 aromatic carbocycles. The number of hydrogen-bond donors (Lipinski definition) is 0. The topological polar surface area (TPSA) is 96.0 Å². The van der Waals surface area contributed by atoms with E-state index in [1.807, 2.05) is 13.8 Å². The average molecular weight is 416 g/mol. The van der Waals surface area contributed by atoms with E-state index in [1.165, 1.54) is 6.92 Å². The molecule has 0 N–H and O–H groups in total. The summed E-state index contributed by atoms with van der Waals surface area (Å²) in [5.74, 6) is -3.08. The van der Waals surface area contributed by atoms with Gasteiger partial charge in [-0.2, -0.15) is 0 Å². The maximum atomic E-state index is 13.0. The third kappa shape index (κ3) is 3.40. The number of hydrogen-bond acceptors (Lipinski definition) is 7. The molecule has 2 aliphatic carbocycles. The number of allylic oxidation sites excluding steroid dienone is 2. The molecule has 5 atom stereocenters. The first-order valence-electron chi connectivity index (χ1n) is 10.2. The molecule has 3 aliphatic rings. The van der Waals surface area contributed by atoms with Gasteiger partial charge in [-0.15, -0.1) is 0 Å². The van der Waals surface area contributed by atoms with E-state index in [2.05, 4.69) is 0 Å². The van der Waals surface area contributed by atoms with Gasteiger partial charge in [-0.05, 0) is 40.7 Å². The molecule has 7 nitrogen and oxygen atoms in total. The summed E-state index contributed by atoms with van der Waals surface area (Å²) in [4.78, 5) is 50.4. The molecule has 3 rings (SSSR count). The van der Waals surface area contributed by atoms with E-state index in [0.717, 1.165) is 11.1 Å². The summed E-state index contributed by atoms with van der Waals surface area (Å²) < 4.78 is 17.1. The molecule has 0 aromatic heterocycles. The minimum Gasteiger partial charge on any atom is -0.461 e. The minimum atomic E-state index is -1.65. The van der Waals surface area contributed by atoms with Gasteiger partial charge in [-0.1, -0.05) is 24.1 Å². The minimum absolute atomic E-state index is 0.123. The van der Waals surface area contributed by atoms with Crippen molar-refractivity contribution in [2.75, 3.05) is 0 Å². The van der Waals surface area contributed by atoms with E-state index in [0.29, 0.717) is 11.1 Å². The summed E-state index contributed by atoms with van der Waals surface area (Å²) in [6, 6.07) is 0. The zero-order valence-corrected chi connectivity index (χ0v) is 18.2. The van der Waals surface area contributed by atoms with Gasteiger partial charge >= 0.3 is 17.9 Å². The molecule has 162 valence electrons. The van der Waals surface area contributed by atoms with E-state index in [4.69, 9.17) is 14.2 Å². The van der Waals surface area contributed by atoms with Gasteiger partial charge in [0.1, 0.15) is 12.2 Å². The maximum absolute atomic E-state index is 13.0. The summed E-state index contributed by atoms with van der Waals surface area (Å²) in [6.07, 6.45) is 2.03. The van der Waals surface area contributed by atoms with Crippen LogP contribution in [0.1, 0.15) is 54.4 Å². The van der Waals surface area contributed by atoms with Gasteiger partial charge in [0.05, 0.1) is 5.92 Å². The van der Waals surface area contributed by atoms with Crippen LogP contribution >= 0.6 is 0 Å². The molecular formula is C23H28O7. The fourth-order valence-electron chi connectivity index (χ4n) is 4.67. The van der Waals surface area contributed by atoms with Crippen LogP contribution < -0.4 is 0 Å². The molecule has 1 fully saturated rings. The van der Waals surface area contributed by atoms with Crippen LogP contribution in [-0.2, 0) is 33.4 Å². The van der Waals surface area contributed by atoms with Crippen LogP contribution in [0.2, 0.25) is 0 Å². The SMILES string of the molecule is C/C=C(/C)C(=O)O[C@]1(C)C(=O)O[C@H]2[C@@H]3C(C)=CC(=O)C3=C(C)C[C@H](OC(=O)CC)[C@H]21. The zero-order valence-electron chi connectivity index (χ0n) is 18.2. The number of carbonyl (C=O) groups excluding carboxylic acids is 4. The van der Waals surface area contributed by atoms with Crippen molar-refractivity contribution in [3.63, 3.8) is 0 Å². The van der Waals surface area contributed by atoms with E-state index >= 15 is 0 Å². The highest BCUT2D eigenvalue weighted by Crippen LogP contribution is 2.51. The lowest BCUT2D eigenvalue weighted by atomic mass is 9.77. The highest BCUT2D eigenvalue weighted by Gasteiger charge is 2.65. The molecule has 0 bridgehead atoms. The van der Waals surface area contributed by atoms with Crippen molar-refractivity contribution in [3.05, 3.63) is 34.4 Å². The summed E-state index contributed by atoms with van der Waals surface area (Å²) in [6.45, 7) is 10.1. The second-order valence-corrected chi connectivity index (χ2v) is 8.37. The largest absolute Gasteiger partial charge is 0.461 e. The van der Waals surface area contributed by atoms with Crippen LogP contribution in [0.3, 0.4) is 0 Å². The highest BCUT2D eigenvalue weighted by molar-refractivity contribution is 6.09. The summed E-state index contributed by atoms with van der Waals surface area (Å²) in [5, 5.41) is 0. The Bertz CT molecular complexity index is 907. The van der Waals surface area contributed by atoms with Crippen molar-refractivity contribution in [2.24, 2.45) is 11.8 Å². The molecule has 1 aliphatic heterocycles. The number of esters is 3. The molecule has 0 spiro atoms. The average Bonchev–Trinajstić information content (AvgIpc) is 3.07. The van der Waals surface area contributed by atoms with Gasteiger partial charge in [-0.25, -0.2) is 9.59 Å². The van der Waals surface area contributed by atoms with Crippen LogP contribution in [0.5, 0.6) is 0 Å². The predicted octanol–water partition coefficient (Wildman–Crippen LogP) is 2.98. The van der Waals surface area contributed by atoms with E-state index < -0.39 is 47.6 Å². The van der Waals surface area contributed by atoms with Gasteiger partial charge in [0, 0.05) is 29.9 Å². The second kappa shape index (κ2) is 7.85. The van der Waals surface area contributed by atoms with E-state index in [-0.39, 0.29) is 18.6 Å². The molecule has 0 unspecified atom stereocenters. The van der Waals surface area contributed by atoms with Crippen molar-refractivity contribution in [1.82, 2.24) is 0 Å². The fourth-order valence-corrected chi connectivity index (χ4v) is 4.67. The molecule has 0 amide bonds. The Morgan fingerprint density at radius 2 is 1.97 bits per heavy atom. The Morgan fingerprint density at radius 1 is 1.30 bits per heavy atom. The first kappa shape index (κ1) is 22.0. The standard InChI is InChI=1S/C23H28O7/c1-7-11(3)21(26)30-23(6)19-15(28-16(25)8-2)10-13(5)17-14(24)9-12(4)18(17)20(19)29-22(23)27/h7,9,15,18-20H,8,10H2,1-6H3/b11-7-/t15-,18+,19+,20-,23-/m0/s1. The third-order valence-electron chi connectivity index (χ3n) is 6.39. The molecule has 30 heavy (non-hydrogen) atoms. The fraction of sp³-hybridized carbons (Fsp3) is 0.565. The van der Waals surface area contributed by atoms with Crippen molar-refractivity contribution >= 4 is 23.7 Å². The van der Waals surface area contributed by atoms with Gasteiger partial charge in [0.25, 0.3) is 0 Å². The molecule has 1 heterocycles. The van der Waals surface area contributed by atoms with Crippen LogP contribution in [0, 0.1) is 11.8 Å². The van der Waals surface area contributed by atoms with Gasteiger partial charge < -0.3 is 14.2 Å². The molecule has 0 aromatic rings. The number of fused-ring (bicyclic) bond motifs is 3. The van der Waals surface area contributed by atoms with Gasteiger partial charge in [-0.3, -0.25) is 9.59 Å². The predicted molar refractivity (Wildman–Crippen MR) is 107 cm³/mol. The Morgan fingerprint density at radius 3 is 2.57 bits per heavy atom. The van der Waals surface area contributed by atoms with Crippen LogP contribution in [-0.4, -0.2) is 41.5 Å². The first-order valence-corrected chi connectivity index (χ1v) is 10.2. The Kier molecular flexibility index (Phi) is 5.76. The lowest BCUT2D eigenvalue weighted by molar-refractivity contribution is -0.176. The normalized spacial score (nSPS) is 33.4. The second-order valence-electron chi connectivity index (χ2n) is 8.37. The van der Waals surface area contributed by atoms with Crippen molar-refractivity contribution in [2.45, 2.75) is 72.2 Å². The summed E-state index contributed by atoms with van der Waals surface area (Å²) >= 11 is 0. The number of ether oxygens (including phenoxy) is 3. The molecule has 7 heteroatoms. The quantitative estimate of drug-likeness (QED) is 0.395. The van der Waals surface area contributed by atoms with Crippen molar-refractivity contribution in [3.8, 4) is 0 Å². The van der Waals surface area contributed by atoms with Crippen molar-refractivity contribution in [1.29, 1.82) is 0 Å². The monoisotopic (exact) mass is 416 g/mol. The number of rotatable bonds is 4. The summed E-state index contributed by atoms with van der Waals surface area (Å²) in [5.41, 5.74) is 0.846. The Balaban J connectivity index is 2.11. The first-order chi connectivity index (χ1) is 14.0. The van der Waals surface area contributed by atoms with Crippen molar-refractivity contribution < 1.29 is 33.4 Å². The van der Waals surface area contributed by atoms with Crippen LogP contribution in [0.4, 0.5) is 0 Å². The smallest absolute Gasteiger partial charge is 0.351 e. The lowest BCUT2D eigenvalue weighted by Gasteiger charge is -2.34. The van der Waals surface area contributed by atoms with E-state index in [1.54, 1.807) is 32.9 Å². The number of ketones is 1. The number of carbonyl (C=O) groups is 4. The van der Waals surface area contributed by atoms with E-state index in [9.17, 15) is 19.2 Å². The molecular weight excluding hydrogens is 388 g/mol. The summed E-state index contributed by atoms with van der Waals surface area (Å²) in [7, 11) is 0. The highest BCUT2D eigenvalue weighted by atomic mass is 16.6. The molecule has 0 saturated carbocycles. The van der Waals surface area contributed by atoms with Gasteiger partial charge in [0.15, 0.2) is 5.78 Å². The maximum Gasteiger partial charge on any atom is 0.351 e. The zero-order chi connectivity index (χ0) is 22.4. The lowest BCUT2D eigenvalue weighted by Crippen LogP contribution is -2.50. The third-order valence-corrected chi connectivity index (χ3v) is 6.39. The van der Waals surface area contributed by atoms with Crippen LogP contribution in [0.25, 0.3) is 0 Å². The Hall–Kier alpha value is -2.70. The molecule has 0 radical (unpaired) electrons. The van der Waals surface area contributed by atoms with Gasteiger partial charge in [0.2, 0.25) is 5.60 Å². The van der Waals surface area contributed by atoms with Crippen LogP contribution in [0.15, 0.2) is 34.4 Å². The Labute approximate surface area is 176 Å². The molecule has 1 saturated heterocycles.